The Kier molecular flexibility index (Phi) is 8.46. The van der Waals surface area contributed by atoms with Crippen molar-refractivity contribution < 1.29 is 17.9 Å². The van der Waals surface area contributed by atoms with Crippen molar-refractivity contribution in [2.24, 2.45) is 5.92 Å². The normalized spacial score (nSPS) is 19.7. The molecule has 6 heteroatoms. The van der Waals surface area contributed by atoms with E-state index in [2.05, 4.69) is 55.0 Å². The van der Waals surface area contributed by atoms with E-state index < -0.39 is 11.7 Å². The van der Waals surface area contributed by atoms with Crippen molar-refractivity contribution in [1.82, 2.24) is 4.90 Å². The van der Waals surface area contributed by atoms with E-state index in [1.54, 1.807) is 0 Å². The van der Waals surface area contributed by atoms with Crippen molar-refractivity contribution >= 4 is 5.69 Å². The summed E-state index contributed by atoms with van der Waals surface area (Å²) in [5.41, 5.74) is 1.87. The number of rotatable bonds is 9. The van der Waals surface area contributed by atoms with Crippen LogP contribution in [-0.4, -0.2) is 44.7 Å². The van der Waals surface area contributed by atoms with Crippen molar-refractivity contribution in [1.29, 1.82) is 0 Å². The van der Waals surface area contributed by atoms with Gasteiger partial charge >= 0.3 is 6.18 Å². The highest BCUT2D eigenvalue weighted by Gasteiger charge is 2.32. The molecule has 0 aliphatic carbocycles. The van der Waals surface area contributed by atoms with Crippen LogP contribution in [0.2, 0.25) is 0 Å². The molecular weight excluding hydrogens is 413 g/mol. The summed E-state index contributed by atoms with van der Waals surface area (Å²) < 4.78 is 44.5. The second-order valence-corrected chi connectivity index (χ2v) is 8.75. The molecular formula is C26H35F3N2O. The molecule has 1 heterocycles. The first-order chi connectivity index (χ1) is 15.3. The molecule has 3 nitrogen and oxygen atoms in total. The van der Waals surface area contributed by atoms with E-state index in [1.165, 1.54) is 36.2 Å². The molecule has 1 fully saturated rings. The smallest absolute Gasteiger partial charge is 0.416 e. The molecule has 2 atom stereocenters. The summed E-state index contributed by atoms with van der Waals surface area (Å²) >= 11 is 0. The molecule has 1 aliphatic heterocycles. The monoisotopic (exact) mass is 448 g/mol. The zero-order valence-electron chi connectivity index (χ0n) is 19.4. The molecule has 176 valence electrons. The topological polar surface area (TPSA) is 15.7 Å². The lowest BCUT2D eigenvalue weighted by Crippen LogP contribution is -2.42. The maximum Gasteiger partial charge on any atom is 0.416 e. The van der Waals surface area contributed by atoms with Crippen LogP contribution in [0.25, 0.3) is 0 Å². The summed E-state index contributed by atoms with van der Waals surface area (Å²) in [7, 11) is 2.09. The average Bonchev–Trinajstić information content (AvgIpc) is 2.80. The molecule has 1 saturated heterocycles. The molecule has 0 spiro atoms. The van der Waals surface area contributed by atoms with Gasteiger partial charge in [0.1, 0.15) is 5.75 Å². The fourth-order valence-electron chi connectivity index (χ4n) is 4.40. The van der Waals surface area contributed by atoms with Crippen LogP contribution in [0, 0.1) is 5.92 Å². The first kappa shape index (κ1) is 24.4. The Hall–Kier alpha value is -2.21. The highest BCUT2D eigenvalue weighted by Crippen LogP contribution is 2.35. The Labute approximate surface area is 190 Å². The Morgan fingerprint density at radius 3 is 2.31 bits per heavy atom. The zero-order valence-corrected chi connectivity index (χ0v) is 19.4. The van der Waals surface area contributed by atoms with E-state index in [0.717, 1.165) is 44.7 Å². The predicted octanol–water partition coefficient (Wildman–Crippen LogP) is 6.45. The van der Waals surface area contributed by atoms with E-state index in [-0.39, 0.29) is 5.92 Å². The molecule has 0 aromatic heterocycles. The van der Waals surface area contributed by atoms with Crippen LogP contribution in [0.3, 0.4) is 0 Å². The quantitative estimate of drug-likeness (QED) is 0.439. The Balaban J connectivity index is 1.71. The highest BCUT2D eigenvalue weighted by molar-refractivity contribution is 5.47. The number of alkyl halides is 3. The van der Waals surface area contributed by atoms with Gasteiger partial charge in [-0.05, 0) is 80.7 Å². The van der Waals surface area contributed by atoms with Crippen LogP contribution in [-0.2, 0) is 6.18 Å². The number of piperidine rings is 1. The summed E-state index contributed by atoms with van der Waals surface area (Å²) in [5, 5.41) is 0. The van der Waals surface area contributed by atoms with E-state index in [0.29, 0.717) is 18.3 Å². The maximum absolute atomic E-state index is 12.8. The van der Waals surface area contributed by atoms with Crippen molar-refractivity contribution in [3.8, 4) is 5.75 Å². The predicted molar refractivity (Wildman–Crippen MR) is 125 cm³/mol. The minimum absolute atomic E-state index is 0.289. The Bertz CT molecular complexity index is 820. The van der Waals surface area contributed by atoms with Crippen molar-refractivity contribution in [3.63, 3.8) is 0 Å². The van der Waals surface area contributed by atoms with Crippen molar-refractivity contribution in [2.75, 3.05) is 44.7 Å². The SMILES string of the molecule is CCCCN1CCC(c2ccc(N(C)CC)cc2)C(COc2ccc(C(F)(F)F)cc2)C1. The second kappa shape index (κ2) is 11.1. The van der Waals surface area contributed by atoms with Crippen molar-refractivity contribution in [3.05, 3.63) is 59.7 Å². The van der Waals surface area contributed by atoms with Gasteiger partial charge in [0, 0.05) is 31.7 Å². The first-order valence-electron chi connectivity index (χ1n) is 11.6. The van der Waals surface area contributed by atoms with Crippen LogP contribution in [0.15, 0.2) is 48.5 Å². The van der Waals surface area contributed by atoms with Crippen LogP contribution in [0.1, 0.15) is 50.2 Å². The number of unbranched alkanes of at least 4 members (excludes halogenated alkanes) is 1. The number of hydrogen-bond donors (Lipinski definition) is 0. The third-order valence-electron chi connectivity index (χ3n) is 6.53. The standard InChI is InChI=1S/C26H35F3N2O/c1-4-6-16-31-17-15-25(20-7-11-23(12-8-20)30(3)5-2)21(18-31)19-32-24-13-9-22(10-14-24)26(27,28)29/h7-14,21,25H,4-6,15-19H2,1-3H3. The van der Waals surface area contributed by atoms with Gasteiger partial charge in [-0.1, -0.05) is 25.5 Å². The largest absolute Gasteiger partial charge is 0.493 e. The zero-order chi connectivity index (χ0) is 23.1. The lowest BCUT2D eigenvalue weighted by molar-refractivity contribution is -0.137. The van der Waals surface area contributed by atoms with Gasteiger partial charge in [-0.25, -0.2) is 0 Å². The fraction of sp³-hybridized carbons (Fsp3) is 0.538. The number of anilines is 1. The summed E-state index contributed by atoms with van der Waals surface area (Å²) in [4.78, 5) is 4.71. The van der Waals surface area contributed by atoms with Crippen LogP contribution in [0.4, 0.5) is 18.9 Å². The lowest BCUT2D eigenvalue weighted by atomic mass is 9.80. The molecule has 0 radical (unpaired) electrons. The third kappa shape index (κ3) is 6.41. The van der Waals surface area contributed by atoms with E-state index in [1.807, 2.05) is 0 Å². The van der Waals surface area contributed by atoms with E-state index in [4.69, 9.17) is 4.74 Å². The van der Waals surface area contributed by atoms with Crippen LogP contribution < -0.4 is 9.64 Å². The number of benzene rings is 2. The maximum atomic E-state index is 12.8. The average molecular weight is 449 g/mol. The van der Waals surface area contributed by atoms with Gasteiger partial charge in [0.2, 0.25) is 0 Å². The molecule has 2 aromatic rings. The van der Waals surface area contributed by atoms with E-state index >= 15 is 0 Å². The minimum Gasteiger partial charge on any atom is -0.493 e. The molecule has 0 N–H and O–H groups in total. The molecule has 1 aliphatic rings. The Morgan fingerprint density at radius 1 is 1.03 bits per heavy atom. The van der Waals surface area contributed by atoms with Crippen LogP contribution >= 0.6 is 0 Å². The highest BCUT2D eigenvalue weighted by atomic mass is 19.4. The molecule has 2 unspecified atom stereocenters. The Morgan fingerprint density at radius 2 is 1.72 bits per heavy atom. The van der Waals surface area contributed by atoms with Crippen molar-refractivity contribution in [2.45, 2.75) is 45.2 Å². The number of halogens is 3. The molecule has 32 heavy (non-hydrogen) atoms. The third-order valence-corrected chi connectivity index (χ3v) is 6.53. The summed E-state index contributed by atoms with van der Waals surface area (Å²) in [5.74, 6) is 1.16. The van der Waals surface area contributed by atoms with E-state index in [9.17, 15) is 13.2 Å². The number of nitrogens with zero attached hydrogens (tertiary/aromatic N) is 2. The van der Waals surface area contributed by atoms with Gasteiger partial charge in [-0.3, -0.25) is 0 Å². The first-order valence-corrected chi connectivity index (χ1v) is 11.6. The molecule has 0 bridgehead atoms. The second-order valence-electron chi connectivity index (χ2n) is 8.75. The number of likely N-dealkylation sites (tertiary alicyclic amines) is 1. The van der Waals surface area contributed by atoms with Gasteiger partial charge in [-0.15, -0.1) is 0 Å². The van der Waals surface area contributed by atoms with Gasteiger partial charge in [0.25, 0.3) is 0 Å². The van der Waals surface area contributed by atoms with Gasteiger partial charge < -0.3 is 14.5 Å². The van der Waals surface area contributed by atoms with Gasteiger partial charge in [0.05, 0.1) is 12.2 Å². The molecule has 2 aromatic carbocycles. The van der Waals surface area contributed by atoms with Gasteiger partial charge in [-0.2, -0.15) is 13.2 Å². The number of hydrogen-bond acceptors (Lipinski definition) is 3. The molecule has 0 amide bonds. The van der Waals surface area contributed by atoms with Crippen LogP contribution in [0.5, 0.6) is 5.75 Å². The summed E-state index contributed by atoms with van der Waals surface area (Å²) in [6.45, 7) is 8.88. The minimum atomic E-state index is -4.33. The number of ether oxygens (including phenoxy) is 1. The molecule has 3 rings (SSSR count). The molecule has 0 saturated carbocycles. The fourth-order valence-corrected chi connectivity index (χ4v) is 4.40. The van der Waals surface area contributed by atoms with Gasteiger partial charge in [0.15, 0.2) is 0 Å². The lowest BCUT2D eigenvalue weighted by Gasteiger charge is -2.39. The summed E-state index contributed by atoms with van der Waals surface area (Å²) in [6.07, 6.45) is -0.924. The summed E-state index contributed by atoms with van der Waals surface area (Å²) in [6, 6.07) is 13.8.